The molecule has 0 aliphatic heterocycles. The number of rotatable bonds is 6. The van der Waals surface area contributed by atoms with Gasteiger partial charge in [0.15, 0.2) is 0 Å². The molecule has 0 bridgehead atoms. The van der Waals surface area contributed by atoms with Crippen LogP contribution in [0.4, 0.5) is 5.95 Å². The van der Waals surface area contributed by atoms with E-state index in [1.54, 1.807) is 20.4 Å². The van der Waals surface area contributed by atoms with Crippen molar-refractivity contribution in [2.45, 2.75) is 6.04 Å². The number of hydrogen-bond donors (Lipinski definition) is 1. The second-order valence-corrected chi connectivity index (χ2v) is 4.16. The van der Waals surface area contributed by atoms with Gasteiger partial charge in [0.1, 0.15) is 0 Å². The summed E-state index contributed by atoms with van der Waals surface area (Å²) in [4.78, 5) is 8.25. The van der Waals surface area contributed by atoms with Crippen molar-refractivity contribution in [3.63, 3.8) is 0 Å². The standard InChI is InChI=1S/C9H13BrClN3O2/c1-15-5-6(3-11)13-9-12-4-7(10)8(14-9)16-2/h4,6H,3,5H2,1-2H3,(H,12,13,14). The summed E-state index contributed by atoms with van der Waals surface area (Å²) in [6.07, 6.45) is 1.62. The summed E-state index contributed by atoms with van der Waals surface area (Å²) in [5.41, 5.74) is 0. The Morgan fingerprint density at radius 3 is 2.88 bits per heavy atom. The lowest BCUT2D eigenvalue weighted by Crippen LogP contribution is -2.27. The maximum atomic E-state index is 5.76. The van der Waals surface area contributed by atoms with E-state index in [9.17, 15) is 0 Å². The Hall–Kier alpha value is -0.590. The van der Waals surface area contributed by atoms with Gasteiger partial charge in [-0.15, -0.1) is 11.6 Å². The van der Waals surface area contributed by atoms with Gasteiger partial charge >= 0.3 is 0 Å². The number of alkyl halides is 1. The van der Waals surface area contributed by atoms with E-state index in [4.69, 9.17) is 21.1 Å². The molecule has 5 nitrogen and oxygen atoms in total. The van der Waals surface area contributed by atoms with Crippen LogP contribution in [0.3, 0.4) is 0 Å². The monoisotopic (exact) mass is 309 g/mol. The average Bonchev–Trinajstić information content (AvgIpc) is 2.30. The van der Waals surface area contributed by atoms with Crippen molar-refractivity contribution < 1.29 is 9.47 Å². The molecule has 90 valence electrons. The number of aromatic nitrogens is 2. The molecule has 1 atom stereocenters. The Morgan fingerprint density at radius 1 is 1.56 bits per heavy atom. The highest BCUT2D eigenvalue weighted by Crippen LogP contribution is 2.22. The zero-order valence-electron chi connectivity index (χ0n) is 9.04. The zero-order chi connectivity index (χ0) is 12.0. The number of anilines is 1. The van der Waals surface area contributed by atoms with E-state index in [-0.39, 0.29) is 6.04 Å². The summed E-state index contributed by atoms with van der Waals surface area (Å²) < 4.78 is 10.8. The van der Waals surface area contributed by atoms with Crippen LogP contribution in [0.2, 0.25) is 0 Å². The molecule has 1 heterocycles. The van der Waals surface area contributed by atoms with Gasteiger partial charge in [-0.05, 0) is 15.9 Å². The summed E-state index contributed by atoms with van der Waals surface area (Å²) in [5, 5.41) is 3.05. The van der Waals surface area contributed by atoms with Gasteiger partial charge in [0.2, 0.25) is 11.8 Å². The zero-order valence-corrected chi connectivity index (χ0v) is 11.4. The lowest BCUT2D eigenvalue weighted by molar-refractivity contribution is 0.191. The molecule has 16 heavy (non-hydrogen) atoms. The Labute approximate surface area is 108 Å². The Balaban J connectivity index is 2.72. The van der Waals surface area contributed by atoms with Crippen molar-refractivity contribution in [2.75, 3.05) is 32.0 Å². The molecule has 1 aromatic heterocycles. The molecule has 0 aliphatic carbocycles. The number of halogens is 2. The lowest BCUT2D eigenvalue weighted by atomic mass is 10.4. The van der Waals surface area contributed by atoms with Gasteiger partial charge in [-0.3, -0.25) is 0 Å². The number of nitrogens with one attached hydrogen (secondary N) is 1. The van der Waals surface area contributed by atoms with Crippen LogP contribution in [0.1, 0.15) is 0 Å². The van der Waals surface area contributed by atoms with Crippen molar-refractivity contribution in [3.8, 4) is 5.88 Å². The molecule has 0 saturated heterocycles. The number of nitrogens with zero attached hydrogens (tertiary/aromatic N) is 2. The quantitative estimate of drug-likeness (QED) is 0.814. The van der Waals surface area contributed by atoms with Crippen LogP contribution in [-0.2, 0) is 4.74 Å². The van der Waals surface area contributed by atoms with Crippen molar-refractivity contribution in [2.24, 2.45) is 0 Å². The highest BCUT2D eigenvalue weighted by Gasteiger charge is 2.10. The number of hydrogen-bond acceptors (Lipinski definition) is 5. The first-order valence-corrected chi connectivity index (χ1v) is 5.92. The minimum atomic E-state index is -0.0300. The molecule has 0 radical (unpaired) electrons. The van der Waals surface area contributed by atoms with Gasteiger partial charge in [-0.1, -0.05) is 0 Å². The van der Waals surface area contributed by atoms with Gasteiger partial charge in [0, 0.05) is 13.0 Å². The maximum absolute atomic E-state index is 5.76. The minimum Gasteiger partial charge on any atom is -0.480 e. The predicted octanol–water partition coefficient (Wildman–Crippen LogP) is 1.91. The van der Waals surface area contributed by atoms with E-state index >= 15 is 0 Å². The minimum absolute atomic E-state index is 0.0300. The van der Waals surface area contributed by atoms with Gasteiger partial charge in [-0.2, -0.15) is 4.98 Å². The van der Waals surface area contributed by atoms with E-state index < -0.39 is 0 Å². The first-order valence-electron chi connectivity index (χ1n) is 4.59. The van der Waals surface area contributed by atoms with Crippen LogP contribution in [0, 0.1) is 0 Å². The molecular formula is C9H13BrClN3O2. The highest BCUT2D eigenvalue weighted by molar-refractivity contribution is 9.10. The van der Waals surface area contributed by atoms with Crippen molar-refractivity contribution >= 4 is 33.5 Å². The van der Waals surface area contributed by atoms with Crippen LogP contribution in [0.25, 0.3) is 0 Å². The fourth-order valence-electron chi connectivity index (χ4n) is 1.07. The predicted molar refractivity (Wildman–Crippen MR) is 66.3 cm³/mol. The van der Waals surface area contributed by atoms with E-state index in [1.807, 2.05) is 0 Å². The second kappa shape index (κ2) is 6.88. The summed E-state index contributed by atoms with van der Waals surface area (Å²) in [6.45, 7) is 0.491. The van der Waals surface area contributed by atoms with E-state index in [1.165, 1.54) is 0 Å². The number of methoxy groups -OCH3 is 2. The fourth-order valence-corrected chi connectivity index (χ4v) is 1.59. The maximum Gasteiger partial charge on any atom is 0.232 e. The lowest BCUT2D eigenvalue weighted by Gasteiger charge is -2.15. The van der Waals surface area contributed by atoms with Gasteiger partial charge in [0.25, 0.3) is 0 Å². The fraction of sp³-hybridized carbons (Fsp3) is 0.556. The van der Waals surface area contributed by atoms with Gasteiger partial charge < -0.3 is 14.8 Å². The molecule has 0 spiro atoms. The van der Waals surface area contributed by atoms with Crippen molar-refractivity contribution in [1.82, 2.24) is 9.97 Å². The van der Waals surface area contributed by atoms with E-state index in [2.05, 4.69) is 31.2 Å². The normalized spacial score (nSPS) is 12.2. The molecule has 1 N–H and O–H groups in total. The van der Waals surface area contributed by atoms with E-state index in [0.29, 0.717) is 28.8 Å². The summed E-state index contributed by atoms with van der Waals surface area (Å²) >= 11 is 9.04. The van der Waals surface area contributed by atoms with Crippen LogP contribution < -0.4 is 10.1 Å². The first kappa shape index (κ1) is 13.5. The second-order valence-electron chi connectivity index (χ2n) is 3.00. The molecule has 0 saturated carbocycles. The third kappa shape index (κ3) is 3.77. The largest absolute Gasteiger partial charge is 0.480 e. The van der Waals surface area contributed by atoms with E-state index in [0.717, 1.165) is 0 Å². The Morgan fingerprint density at radius 2 is 2.31 bits per heavy atom. The third-order valence-electron chi connectivity index (χ3n) is 1.79. The van der Waals surface area contributed by atoms with Gasteiger partial charge in [-0.25, -0.2) is 4.98 Å². The summed E-state index contributed by atoms with van der Waals surface area (Å²) in [5.74, 6) is 1.35. The summed E-state index contributed by atoms with van der Waals surface area (Å²) in [6, 6.07) is -0.0300. The highest BCUT2D eigenvalue weighted by atomic mass is 79.9. The molecular weight excluding hydrogens is 297 g/mol. The number of ether oxygens (including phenoxy) is 2. The topological polar surface area (TPSA) is 56.3 Å². The SMILES string of the molecule is COCC(CCl)Nc1ncc(Br)c(OC)n1. The molecule has 1 rings (SSSR count). The molecule has 0 aromatic carbocycles. The smallest absolute Gasteiger partial charge is 0.232 e. The molecule has 7 heteroatoms. The van der Waals surface area contributed by atoms with Crippen molar-refractivity contribution in [1.29, 1.82) is 0 Å². The van der Waals surface area contributed by atoms with Crippen molar-refractivity contribution in [3.05, 3.63) is 10.7 Å². The third-order valence-corrected chi connectivity index (χ3v) is 2.71. The molecule has 1 unspecified atom stereocenters. The van der Waals surface area contributed by atoms with Crippen LogP contribution >= 0.6 is 27.5 Å². The average molecular weight is 311 g/mol. The molecule has 0 fully saturated rings. The van der Waals surface area contributed by atoms with Crippen LogP contribution in [0.5, 0.6) is 5.88 Å². The summed E-state index contributed by atoms with van der Waals surface area (Å²) in [7, 11) is 3.16. The Kier molecular flexibility index (Phi) is 5.79. The Bertz CT molecular complexity index is 341. The molecule has 0 amide bonds. The van der Waals surface area contributed by atoms with Crippen LogP contribution in [0.15, 0.2) is 10.7 Å². The molecule has 0 aliphatic rings. The first-order chi connectivity index (χ1) is 7.71. The van der Waals surface area contributed by atoms with Gasteiger partial charge in [0.05, 0.1) is 30.4 Å². The van der Waals surface area contributed by atoms with Crippen LogP contribution in [-0.4, -0.2) is 42.7 Å². The molecule has 1 aromatic rings.